The molecule has 0 bridgehead atoms. The smallest absolute Gasteiger partial charge is 0.277 e. The molecule has 5 nitrogen and oxygen atoms in total. The molecule has 4 amide bonds. The fourth-order valence-corrected chi connectivity index (χ4v) is 1.31. The SMILES string of the molecule is CC(C)CCC1C(=O)NC(=O)NC1=O.[Na]. The van der Waals surface area contributed by atoms with E-state index in [1.165, 1.54) is 0 Å². The van der Waals surface area contributed by atoms with Crippen LogP contribution < -0.4 is 10.6 Å². The molecule has 79 valence electrons. The molecule has 1 fully saturated rings. The maximum Gasteiger partial charge on any atom is 0.328 e. The summed E-state index contributed by atoms with van der Waals surface area (Å²) < 4.78 is 0. The molecule has 15 heavy (non-hydrogen) atoms. The van der Waals surface area contributed by atoms with E-state index >= 15 is 0 Å². The van der Waals surface area contributed by atoms with Gasteiger partial charge < -0.3 is 0 Å². The van der Waals surface area contributed by atoms with Crippen molar-refractivity contribution >= 4 is 47.4 Å². The van der Waals surface area contributed by atoms with Gasteiger partial charge >= 0.3 is 6.03 Å². The molecule has 6 heteroatoms. The fourth-order valence-electron chi connectivity index (χ4n) is 1.31. The molecule has 1 aliphatic heterocycles. The van der Waals surface area contributed by atoms with Crippen LogP contribution in [0.1, 0.15) is 26.7 Å². The maximum atomic E-state index is 11.2. The topological polar surface area (TPSA) is 75.3 Å². The van der Waals surface area contributed by atoms with Gasteiger partial charge in [0.2, 0.25) is 11.8 Å². The molecule has 1 heterocycles. The van der Waals surface area contributed by atoms with Crippen LogP contribution in [0.4, 0.5) is 4.79 Å². The maximum absolute atomic E-state index is 11.2. The first-order chi connectivity index (χ1) is 6.50. The summed E-state index contributed by atoms with van der Waals surface area (Å²) in [6.45, 7) is 4.04. The number of carbonyl (C=O) groups is 3. The van der Waals surface area contributed by atoms with Crippen molar-refractivity contribution < 1.29 is 14.4 Å². The monoisotopic (exact) mass is 221 g/mol. The van der Waals surface area contributed by atoms with E-state index in [2.05, 4.69) is 10.6 Å². The number of carbonyl (C=O) groups excluding carboxylic acids is 3. The van der Waals surface area contributed by atoms with Crippen LogP contribution in [0, 0.1) is 11.8 Å². The van der Waals surface area contributed by atoms with Crippen LogP contribution in [0.15, 0.2) is 0 Å². The van der Waals surface area contributed by atoms with E-state index in [-0.39, 0.29) is 29.6 Å². The molecular formula is C9H14N2NaO3. The number of urea groups is 1. The van der Waals surface area contributed by atoms with Gasteiger partial charge in [0, 0.05) is 29.6 Å². The predicted molar refractivity (Wildman–Crippen MR) is 55.0 cm³/mol. The zero-order valence-electron chi connectivity index (χ0n) is 9.29. The molecule has 1 radical (unpaired) electrons. The summed E-state index contributed by atoms with van der Waals surface area (Å²) in [6.07, 6.45) is 1.28. The minimum absolute atomic E-state index is 0. The summed E-state index contributed by atoms with van der Waals surface area (Å²) in [5, 5.41) is 4.15. The van der Waals surface area contributed by atoms with E-state index in [4.69, 9.17) is 0 Å². The van der Waals surface area contributed by atoms with Gasteiger partial charge in [0.15, 0.2) is 0 Å². The van der Waals surface area contributed by atoms with Crippen LogP contribution >= 0.6 is 0 Å². The normalized spacial score (nSPS) is 17.1. The average Bonchev–Trinajstić information content (AvgIpc) is 2.01. The molecular weight excluding hydrogens is 207 g/mol. The summed E-state index contributed by atoms with van der Waals surface area (Å²) in [6, 6.07) is -0.721. The van der Waals surface area contributed by atoms with E-state index in [0.29, 0.717) is 12.3 Å². The molecule has 1 saturated heterocycles. The molecule has 0 aromatic heterocycles. The van der Waals surface area contributed by atoms with Gasteiger partial charge in [-0.1, -0.05) is 13.8 Å². The van der Waals surface area contributed by atoms with E-state index in [1.807, 2.05) is 13.8 Å². The Morgan fingerprint density at radius 3 is 2.00 bits per heavy atom. The Morgan fingerprint density at radius 2 is 1.60 bits per heavy atom. The van der Waals surface area contributed by atoms with Crippen LogP contribution in [0.3, 0.4) is 0 Å². The van der Waals surface area contributed by atoms with Crippen LogP contribution in [0.25, 0.3) is 0 Å². The van der Waals surface area contributed by atoms with E-state index in [9.17, 15) is 14.4 Å². The van der Waals surface area contributed by atoms with E-state index < -0.39 is 23.8 Å². The minimum atomic E-state index is -0.721. The Bertz CT molecular complexity index is 259. The van der Waals surface area contributed by atoms with Crippen LogP contribution in [-0.4, -0.2) is 47.4 Å². The standard InChI is InChI=1S/C9H14N2O3.Na/c1-5(2)3-4-6-7(12)10-9(14)11-8(6)13;/h5-6H,3-4H2,1-2H3,(H2,10,11,12,13,14);. The number of rotatable bonds is 3. The third-order valence-electron chi connectivity index (χ3n) is 2.14. The average molecular weight is 221 g/mol. The van der Waals surface area contributed by atoms with Gasteiger partial charge in [0.05, 0.1) is 0 Å². The van der Waals surface area contributed by atoms with E-state index in [0.717, 1.165) is 6.42 Å². The summed E-state index contributed by atoms with van der Waals surface area (Å²) in [5.41, 5.74) is 0. The molecule has 0 aromatic rings. The molecule has 0 saturated carbocycles. The molecule has 1 aliphatic rings. The Kier molecular flexibility index (Phi) is 6.09. The van der Waals surface area contributed by atoms with Crippen molar-refractivity contribution in [2.75, 3.05) is 0 Å². The molecule has 2 N–H and O–H groups in total. The first-order valence-corrected chi connectivity index (χ1v) is 4.66. The summed E-state index contributed by atoms with van der Waals surface area (Å²) in [5.74, 6) is -1.25. The van der Waals surface area contributed by atoms with Crippen LogP contribution in [0.2, 0.25) is 0 Å². The first-order valence-electron chi connectivity index (χ1n) is 4.66. The Hall–Kier alpha value is -0.390. The van der Waals surface area contributed by atoms with Gasteiger partial charge in [-0.2, -0.15) is 0 Å². The molecule has 0 aliphatic carbocycles. The van der Waals surface area contributed by atoms with Crippen molar-refractivity contribution in [3.05, 3.63) is 0 Å². The summed E-state index contributed by atoms with van der Waals surface area (Å²) in [4.78, 5) is 33.2. The van der Waals surface area contributed by atoms with Gasteiger partial charge in [0.25, 0.3) is 0 Å². The number of hydrogen-bond acceptors (Lipinski definition) is 3. The molecule has 0 atom stereocenters. The third-order valence-corrected chi connectivity index (χ3v) is 2.14. The van der Waals surface area contributed by atoms with Crippen molar-refractivity contribution in [3.63, 3.8) is 0 Å². The minimum Gasteiger partial charge on any atom is -0.277 e. The van der Waals surface area contributed by atoms with Gasteiger partial charge in [-0.15, -0.1) is 0 Å². The largest absolute Gasteiger partial charge is 0.328 e. The molecule has 0 aromatic carbocycles. The second-order valence-corrected chi connectivity index (χ2v) is 3.83. The van der Waals surface area contributed by atoms with Gasteiger partial charge in [-0.05, 0) is 18.8 Å². The van der Waals surface area contributed by atoms with Crippen molar-refractivity contribution in [1.29, 1.82) is 0 Å². The molecule has 0 unspecified atom stereocenters. The summed E-state index contributed by atoms with van der Waals surface area (Å²) >= 11 is 0. The Balaban J connectivity index is 0.00000196. The Morgan fingerprint density at radius 1 is 1.13 bits per heavy atom. The third kappa shape index (κ3) is 4.32. The van der Waals surface area contributed by atoms with Crippen molar-refractivity contribution in [3.8, 4) is 0 Å². The van der Waals surface area contributed by atoms with Crippen LogP contribution in [0.5, 0.6) is 0 Å². The number of imide groups is 2. The van der Waals surface area contributed by atoms with Crippen molar-refractivity contribution in [1.82, 2.24) is 10.6 Å². The quantitative estimate of drug-likeness (QED) is 0.521. The number of hydrogen-bond donors (Lipinski definition) is 2. The fraction of sp³-hybridized carbons (Fsp3) is 0.667. The zero-order valence-corrected chi connectivity index (χ0v) is 11.3. The second kappa shape index (κ2) is 6.25. The molecule has 1 rings (SSSR count). The van der Waals surface area contributed by atoms with Crippen molar-refractivity contribution in [2.24, 2.45) is 11.8 Å². The van der Waals surface area contributed by atoms with Crippen LogP contribution in [-0.2, 0) is 9.59 Å². The zero-order chi connectivity index (χ0) is 10.7. The first kappa shape index (κ1) is 14.6. The number of barbiturate groups is 1. The van der Waals surface area contributed by atoms with Crippen molar-refractivity contribution in [2.45, 2.75) is 26.7 Å². The van der Waals surface area contributed by atoms with E-state index in [1.54, 1.807) is 0 Å². The predicted octanol–water partition coefficient (Wildman–Crippen LogP) is 0.0240. The van der Waals surface area contributed by atoms with Gasteiger partial charge in [0.1, 0.15) is 5.92 Å². The number of amides is 4. The second-order valence-electron chi connectivity index (χ2n) is 3.83. The summed E-state index contributed by atoms with van der Waals surface area (Å²) in [7, 11) is 0. The van der Waals surface area contributed by atoms with Gasteiger partial charge in [-0.3, -0.25) is 20.2 Å². The molecule has 0 spiro atoms. The van der Waals surface area contributed by atoms with Gasteiger partial charge in [-0.25, -0.2) is 4.79 Å². The number of nitrogens with one attached hydrogen (secondary N) is 2. The Labute approximate surface area is 111 Å².